The standard InChI is InChI=1S/C46H54/c1-23(2)35-38(24(3)4)46(39(35)25(5)6)34-19-18-30-41(45(12,13)42-29-16-14-15-17-33(29)44(10,11)43(30)42)37(34)32-22-28(9)36-27(8)20-26(7)21-31(36)40(32)46/h14-25,35,38-39H,1-13H3. The molecule has 0 radical (unpaired) electrons. The highest BCUT2D eigenvalue weighted by Crippen LogP contribution is 2.75. The summed E-state index contributed by atoms with van der Waals surface area (Å²) >= 11 is 0. The summed E-state index contributed by atoms with van der Waals surface area (Å²) in [5.41, 5.74) is 19.8. The summed E-state index contributed by atoms with van der Waals surface area (Å²) < 4.78 is 0. The summed E-state index contributed by atoms with van der Waals surface area (Å²) in [5.74, 6) is 3.76. The Morgan fingerprint density at radius 3 is 1.80 bits per heavy atom. The first-order valence-electron chi connectivity index (χ1n) is 18.2. The molecule has 4 aliphatic carbocycles. The van der Waals surface area contributed by atoms with Gasteiger partial charge in [0.1, 0.15) is 0 Å². The van der Waals surface area contributed by atoms with Crippen molar-refractivity contribution in [3.63, 3.8) is 0 Å². The maximum Gasteiger partial charge on any atom is 0.0288 e. The minimum Gasteiger partial charge on any atom is -0.0625 e. The van der Waals surface area contributed by atoms with Crippen LogP contribution in [-0.4, -0.2) is 0 Å². The largest absolute Gasteiger partial charge is 0.0625 e. The molecule has 0 aliphatic heterocycles. The fourth-order valence-electron chi connectivity index (χ4n) is 12.5. The fraction of sp³-hybridized carbons (Fsp3) is 0.478. The second-order valence-electron chi connectivity index (χ2n) is 17.8. The van der Waals surface area contributed by atoms with Gasteiger partial charge in [-0.3, -0.25) is 0 Å². The van der Waals surface area contributed by atoms with Crippen LogP contribution in [0.5, 0.6) is 0 Å². The highest BCUT2D eigenvalue weighted by Gasteiger charge is 2.69. The molecule has 4 aromatic carbocycles. The van der Waals surface area contributed by atoms with Crippen LogP contribution in [0.2, 0.25) is 0 Å². The number of fused-ring (bicyclic) bond motifs is 12. The van der Waals surface area contributed by atoms with Gasteiger partial charge in [0, 0.05) is 16.2 Å². The van der Waals surface area contributed by atoms with Crippen molar-refractivity contribution in [2.45, 2.75) is 106 Å². The summed E-state index contributed by atoms with van der Waals surface area (Å²) in [6.45, 7) is 32.1. The van der Waals surface area contributed by atoms with Gasteiger partial charge in [0.05, 0.1) is 0 Å². The van der Waals surface area contributed by atoms with E-state index in [1.807, 2.05) is 0 Å². The average molecular weight is 607 g/mol. The lowest BCUT2D eigenvalue weighted by Crippen LogP contribution is -2.64. The zero-order valence-corrected chi connectivity index (χ0v) is 30.7. The molecule has 1 spiro atoms. The van der Waals surface area contributed by atoms with E-state index in [0.717, 1.165) is 0 Å². The minimum atomic E-state index is -0.0874. The number of rotatable bonds is 3. The Hall–Kier alpha value is -3.12. The van der Waals surface area contributed by atoms with Crippen LogP contribution < -0.4 is 0 Å². The van der Waals surface area contributed by atoms with Crippen LogP contribution in [-0.2, 0) is 16.2 Å². The molecular formula is C46H54. The molecule has 0 heteroatoms. The van der Waals surface area contributed by atoms with E-state index in [1.165, 1.54) is 44.2 Å². The van der Waals surface area contributed by atoms with E-state index in [0.29, 0.717) is 35.5 Å². The lowest BCUT2D eigenvalue weighted by molar-refractivity contribution is -0.105. The molecular weight excluding hydrogens is 553 g/mol. The van der Waals surface area contributed by atoms with Crippen LogP contribution in [0.25, 0.3) is 33.0 Å². The van der Waals surface area contributed by atoms with Gasteiger partial charge in [0.15, 0.2) is 0 Å². The Bertz CT molecular complexity index is 2000. The molecule has 238 valence electrons. The van der Waals surface area contributed by atoms with Crippen LogP contribution in [0.15, 0.2) is 54.6 Å². The van der Waals surface area contributed by atoms with Crippen molar-refractivity contribution >= 4 is 21.9 Å². The topological polar surface area (TPSA) is 0 Å². The predicted molar refractivity (Wildman–Crippen MR) is 199 cm³/mol. The van der Waals surface area contributed by atoms with Crippen LogP contribution in [0, 0.1) is 56.3 Å². The molecule has 0 nitrogen and oxygen atoms in total. The zero-order chi connectivity index (χ0) is 33.0. The Balaban J connectivity index is 1.55. The molecule has 4 aliphatic rings. The van der Waals surface area contributed by atoms with E-state index in [9.17, 15) is 0 Å². The molecule has 0 N–H and O–H groups in total. The van der Waals surface area contributed by atoms with Gasteiger partial charge in [-0.2, -0.15) is 0 Å². The number of aryl methyl sites for hydroxylation is 3. The van der Waals surface area contributed by atoms with Crippen LogP contribution in [0.4, 0.5) is 0 Å². The SMILES string of the molecule is Cc1cc(C)c2c(C)cc3c(c2c1)C1(c2ccc4c(c2-3)C(C)(C)C2=C4C(C)(C)c3ccccc32)C(C(C)C)C(C(C)C)C1C(C)C. The highest BCUT2D eigenvalue weighted by atomic mass is 14.7. The number of hydrogen-bond donors (Lipinski definition) is 0. The summed E-state index contributed by atoms with van der Waals surface area (Å²) in [6.07, 6.45) is 0. The molecule has 2 unspecified atom stereocenters. The van der Waals surface area contributed by atoms with E-state index in [4.69, 9.17) is 0 Å². The van der Waals surface area contributed by atoms with E-state index in [2.05, 4.69) is 145 Å². The van der Waals surface area contributed by atoms with E-state index in [-0.39, 0.29) is 16.2 Å². The van der Waals surface area contributed by atoms with Crippen molar-refractivity contribution in [3.05, 3.63) is 105 Å². The molecule has 1 saturated carbocycles. The first kappa shape index (κ1) is 30.2. The zero-order valence-electron chi connectivity index (χ0n) is 30.7. The first-order chi connectivity index (χ1) is 21.6. The minimum absolute atomic E-state index is 0.0136. The molecule has 46 heavy (non-hydrogen) atoms. The molecule has 0 heterocycles. The maximum absolute atomic E-state index is 2.64. The lowest BCUT2D eigenvalue weighted by Gasteiger charge is -2.66. The molecule has 1 fully saturated rings. The number of hydrogen-bond acceptors (Lipinski definition) is 0. The van der Waals surface area contributed by atoms with Gasteiger partial charge in [-0.05, 0) is 134 Å². The first-order valence-corrected chi connectivity index (χ1v) is 18.2. The van der Waals surface area contributed by atoms with Crippen molar-refractivity contribution in [2.75, 3.05) is 0 Å². The molecule has 0 amide bonds. The maximum atomic E-state index is 2.64. The van der Waals surface area contributed by atoms with Gasteiger partial charge in [0.25, 0.3) is 0 Å². The van der Waals surface area contributed by atoms with E-state index >= 15 is 0 Å². The molecule has 0 bridgehead atoms. The van der Waals surface area contributed by atoms with Gasteiger partial charge >= 0.3 is 0 Å². The van der Waals surface area contributed by atoms with E-state index < -0.39 is 0 Å². The summed E-state index contributed by atoms with van der Waals surface area (Å²) in [6, 6.07) is 22.1. The third-order valence-electron chi connectivity index (χ3n) is 13.5. The third kappa shape index (κ3) is 3.28. The average Bonchev–Trinajstić information content (AvgIpc) is 3.47. The van der Waals surface area contributed by atoms with Crippen LogP contribution in [0.1, 0.15) is 119 Å². The van der Waals surface area contributed by atoms with Crippen LogP contribution in [0.3, 0.4) is 0 Å². The third-order valence-corrected chi connectivity index (χ3v) is 13.5. The smallest absolute Gasteiger partial charge is 0.0288 e. The lowest BCUT2D eigenvalue weighted by atomic mass is 9.37. The molecule has 0 aromatic heterocycles. The Labute approximate surface area is 278 Å². The van der Waals surface area contributed by atoms with Crippen molar-refractivity contribution < 1.29 is 0 Å². The highest BCUT2D eigenvalue weighted by molar-refractivity contribution is 6.13. The van der Waals surface area contributed by atoms with Crippen molar-refractivity contribution in [1.29, 1.82) is 0 Å². The fourth-order valence-corrected chi connectivity index (χ4v) is 12.5. The van der Waals surface area contributed by atoms with E-state index in [1.54, 1.807) is 39.0 Å². The van der Waals surface area contributed by atoms with Gasteiger partial charge in [-0.25, -0.2) is 0 Å². The summed E-state index contributed by atoms with van der Waals surface area (Å²) in [7, 11) is 0. The number of benzene rings is 4. The molecule has 8 rings (SSSR count). The van der Waals surface area contributed by atoms with Gasteiger partial charge in [0.2, 0.25) is 0 Å². The second kappa shape index (κ2) is 9.27. The van der Waals surface area contributed by atoms with Crippen molar-refractivity contribution in [3.8, 4) is 11.1 Å². The monoisotopic (exact) mass is 606 g/mol. The quantitative estimate of drug-likeness (QED) is 0.218. The van der Waals surface area contributed by atoms with Crippen molar-refractivity contribution in [2.24, 2.45) is 35.5 Å². The molecule has 4 aromatic rings. The van der Waals surface area contributed by atoms with Gasteiger partial charge in [-0.15, -0.1) is 0 Å². The summed E-state index contributed by atoms with van der Waals surface area (Å²) in [5, 5.41) is 3.01. The molecule has 2 atom stereocenters. The molecule has 0 saturated heterocycles. The van der Waals surface area contributed by atoms with Crippen LogP contribution >= 0.6 is 0 Å². The Kier molecular flexibility index (Phi) is 6.09. The Morgan fingerprint density at radius 1 is 0.565 bits per heavy atom. The number of allylic oxidation sites excluding steroid dienone is 2. The summed E-state index contributed by atoms with van der Waals surface area (Å²) in [4.78, 5) is 0. The van der Waals surface area contributed by atoms with Gasteiger partial charge < -0.3 is 0 Å². The normalized spacial score (nSPS) is 26.2. The van der Waals surface area contributed by atoms with Gasteiger partial charge in [-0.1, -0.05) is 129 Å². The second-order valence-corrected chi connectivity index (χ2v) is 17.8. The predicted octanol–water partition coefficient (Wildman–Crippen LogP) is 12.4. The van der Waals surface area contributed by atoms with Crippen molar-refractivity contribution in [1.82, 2.24) is 0 Å². The Morgan fingerprint density at radius 2 is 1.17 bits per heavy atom.